The smallest absolute Gasteiger partial charge is 0.145 e. The van der Waals surface area contributed by atoms with Gasteiger partial charge < -0.3 is 9.73 Å². The minimum Gasteiger partial charge on any atom is -0.456 e. The highest BCUT2D eigenvalue weighted by Crippen LogP contribution is 2.36. The number of rotatable bonds is 4. The first-order chi connectivity index (χ1) is 18.3. The van der Waals surface area contributed by atoms with Gasteiger partial charge in [-0.1, -0.05) is 115 Å². The number of nitrogens with zero attached hydrogens (tertiary/aromatic N) is 1. The maximum absolute atomic E-state index is 6.11. The lowest BCUT2D eigenvalue weighted by molar-refractivity contribution is 0.664. The van der Waals surface area contributed by atoms with Gasteiger partial charge in [-0.05, 0) is 46.0 Å². The zero-order valence-electron chi connectivity index (χ0n) is 20.1. The van der Waals surface area contributed by atoms with E-state index < -0.39 is 0 Å². The first kappa shape index (κ1) is 21.4. The Morgan fingerprint density at radius 2 is 1.24 bits per heavy atom. The quantitative estimate of drug-likeness (QED) is 0.277. The lowest BCUT2D eigenvalue weighted by Gasteiger charge is -2.25. The maximum atomic E-state index is 6.11. The van der Waals surface area contributed by atoms with Crippen molar-refractivity contribution in [2.45, 2.75) is 6.17 Å². The topological polar surface area (TPSA) is 37.5 Å². The molecule has 3 heteroatoms. The van der Waals surface area contributed by atoms with E-state index in [1.165, 1.54) is 5.56 Å². The monoisotopic (exact) mass is 476 g/mol. The number of fused-ring (bicyclic) bond motifs is 3. The van der Waals surface area contributed by atoms with E-state index in [1.54, 1.807) is 0 Å². The molecule has 1 aliphatic rings. The summed E-state index contributed by atoms with van der Waals surface area (Å²) in [6.45, 7) is 0. The van der Waals surface area contributed by atoms with Crippen LogP contribution in [-0.4, -0.2) is 5.71 Å². The SMILES string of the molecule is C1=C(c2ccccc2)NC(c2ccccc2)N=C1c1ccc(-c2cccc3oc4ccccc4c23)cc1. The molecular formula is C34H24N2O. The molecule has 0 bridgehead atoms. The van der Waals surface area contributed by atoms with E-state index in [0.29, 0.717) is 0 Å². The zero-order valence-corrected chi connectivity index (χ0v) is 20.1. The van der Waals surface area contributed by atoms with Gasteiger partial charge in [0.2, 0.25) is 0 Å². The molecule has 0 spiro atoms. The third kappa shape index (κ3) is 3.91. The molecule has 0 aliphatic carbocycles. The fourth-order valence-corrected chi connectivity index (χ4v) is 5.11. The summed E-state index contributed by atoms with van der Waals surface area (Å²) in [5.41, 5.74) is 9.55. The van der Waals surface area contributed by atoms with Crippen LogP contribution in [0.15, 0.2) is 143 Å². The zero-order chi connectivity index (χ0) is 24.6. The molecule has 7 rings (SSSR count). The minimum atomic E-state index is -0.151. The number of nitrogens with one attached hydrogen (secondary N) is 1. The van der Waals surface area contributed by atoms with E-state index >= 15 is 0 Å². The van der Waals surface area contributed by atoms with Crippen molar-refractivity contribution >= 4 is 33.3 Å². The molecule has 0 fully saturated rings. The van der Waals surface area contributed by atoms with Crippen LogP contribution < -0.4 is 5.32 Å². The van der Waals surface area contributed by atoms with Crippen molar-refractivity contribution in [2.75, 3.05) is 0 Å². The maximum Gasteiger partial charge on any atom is 0.145 e. The first-order valence-corrected chi connectivity index (χ1v) is 12.5. The Morgan fingerprint density at radius 3 is 2.05 bits per heavy atom. The molecule has 0 saturated heterocycles. The molecule has 3 nitrogen and oxygen atoms in total. The number of furan rings is 1. The second kappa shape index (κ2) is 8.96. The third-order valence-corrected chi connectivity index (χ3v) is 6.94. The number of para-hydroxylation sites is 1. The second-order valence-electron chi connectivity index (χ2n) is 9.25. The van der Waals surface area contributed by atoms with Crippen LogP contribution in [0.1, 0.15) is 22.9 Å². The third-order valence-electron chi connectivity index (χ3n) is 6.94. The van der Waals surface area contributed by atoms with Gasteiger partial charge in [0, 0.05) is 16.5 Å². The van der Waals surface area contributed by atoms with Gasteiger partial charge >= 0.3 is 0 Å². The largest absolute Gasteiger partial charge is 0.456 e. The van der Waals surface area contributed by atoms with Crippen molar-refractivity contribution in [3.63, 3.8) is 0 Å². The van der Waals surface area contributed by atoms with Gasteiger partial charge in [-0.2, -0.15) is 0 Å². The Morgan fingerprint density at radius 1 is 0.568 bits per heavy atom. The molecule has 2 heterocycles. The van der Waals surface area contributed by atoms with Crippen LogP contribution in [0.4, 0.5) is 0 Å². The van der Waals surface area contributed by atoms with Gasteiger partial charge in [0.05, 0.1) is 5.71 Å². The fourth-order valence-electron chi connectivity index (χ4n) is 5.11. The number of aliphatic imine (C=N–C) groups is 1. The molecule has 0 amide bonds. The molecule has 6 aromatic rings. The highest BCUT2D eigenvalue weighted by Gasteiger charge is 2.19. The van der Waals surface area contributed by atoms with Gasteiger partial charge in [-0.25, -0.2) is 0 Å². The Balaban J connectivity index is 1.30. The van der Waals surface area contributed by atoms with E-state index in [9.17, 15) is 0 Å². The van der Waals surface area contributed by atoms with Crippen molar-refractivity contribution in [1.82, 2.24) is 5.32 Å². The standard InChI is InChI=1S/C34H24N2O/c1-3-10-24(11-4-1)29-22-30(36-34(35-29)26-12-5-2-6-13-26)25-20-18-23(19-21-25)27-15-9-17-32-33(27)28-14-7-8-16-31(28)37-32/h1-22,34-35H. The number of hydrogen-bond donors (Lipinski definition) is 1. The van der Waals surface area contributed by atoms with Crippen LogP contribution in [0.2, 0.25) is 0 Å². The summed E-state index contributed by atoms with van der Waals surface area (Å²) < 4.78 is 6.11. The number of allylic oxidation sites excluding steroid dienone is 1. The van der Waals surface area contributed by atoms with Crippen molar-refractivity contribution in [2.24, 2.45) is 4.99 Å². The summed E-state index contributed by atoms with van der Waals surface area (Å²) >= 11 is 0. The molecule has 0 saturated carbocycles. The first-order valence-electron chi connectivity index (χ1n) is 12.5. The van der Waals surface area contributed by atoms with Gasteiger partial charge in [0.25, 0.3) is 0 Å². The molecule has 37 heavy (non-hydrogen) atoms. The van der Waals surface area contributed by atoms with Gasteiger partial charge in [0.1, 0.15) is 17.3 Å². The molecule has 1 N–H and O–H groups in total. The average Bonchev–Trinajstić information content (AvgIpc) is 3.37. The van der Waals surface area contributed by atoms with E-state index in [2.05, 4.69) is 108 Å². The Kier molecular flexibility index (Phi) is 5.18. The van der Waals surface area contributed by atoms with Crippen LogP contribution in [0.25, 0.3) is 38.8 Å². The highest BCUT2D eigenvalue weighted by molar-refractivity contribution is 6.14. The van der Waals surface area contributed by atoms with Gasteiger partial charge in [-0.3, -0.25) is 4.99 Å². The van der Waals surface area contributed by atoms with Crippen molar-refractivity contribution in [3.8, 4) is 11.1 Å². The lowest BCUT2D eigenvalue weighted by atomic mass is 9.96. The van der Waals surface area contributed by atoms with E-state index in [1.807, 2.05) is 30.3 Å². The van der Waals surface area contributed by atoms with Crippen molar-refractivity contribution in [1.29, 1.82) is 0 Å². The summed E-state index contributed by atoms with van der Waals surface area (Å²) in [4.78, 5) is 5.10. The molecule has 1 aromatic heterocycles. The molecule has 0 radical (unpaired) electrons. The summed E-state index contributed by atoms with van der Waals surface area (Å²) in [6.07, 6.45) is 2.00. The Labute approximate surface area is 215 Å². The van der Waals surface area contributed by atoms with E-state index in [0.717, 1.165) is 55.6 Å². The van der Waals surface area contributed by atoms with E-state index in [-0.39, 0.29) is 6.17 Å². The molecule has 176 valence electrons. The van der Waals surface area contributed by atoms with Crippen LogP contribution >= 0.6 is 0 Å². The predicted molar refractivity (Wildman–Crippen MR) is 152 cm³/mol. The number of hydrogen-bond acceptors (Lipinski definition) is 3. The summed E-state index contributed by atoms with van der Waals surface area (Å²) in [6, 6.07) is 44.0. The van der Waals surface area contributed by atoms with E-state index in [4.69, 9.17) is 9.41 Å². The van der Waals surface area contributed by atoms with Crippen molar-refractivity contribution < 1.29 is 4.42 Å². The van der Waals surface area contributed by atoms with Gasteiger partial charge in [0.15, 0.2) is 0 Å². The number of benzene rings is 5. The van der Waals surface area contributed by atoms with Crippen LogP contribution in [-0.2, 0) is 0 Å². The lowest BCUT2D eigenvalue weighted by Crippen LogP contribution is -2.24. The summed E-state index contributed by atoms with van der Waals surface area (Å²) in [7, 11) is 0. The predicted octanol–water partition coefficient (Wildman–Crippen LogP) is 8.39. The van der Waals surface area contributed by atoms with Crippen LogP contribution in [0, 0.1) is 0 Å². The normalized spacial score (nSPS) is 15.3. The minimum absolute atomic E-state index is 0.151. The van der Waals surface area contributed by atoms with Gasteiger partial charge in [-0.15, -0.1) is 0 Å². The second-order valence-corrected chi connectivity index (χ2v) is 9.25. The van der Waals surface area contributed by atoms with Crippen molar-refractivity contribution in [3.05, 3.63) is 150 Å². The summed E-state index contributed by atoms with van der Waals surface area (Å²) in [5.74, 6) is 0. The molecule has 1 unspecified atom stereocenters. The Bertz CT molecular complexity index is 1780. The molecular weight excluding hydrogens is 452 g/mol. The Hall–Kier alpha value is -4.89. The molecule has 5 aromatic carbocycles. The van der Waals surface area contributed by atoms with Crippen LogP contribution in [0.3, 0.4) is 0 Å². The fraction of sp³-hybridized carbons (Fsp3) is 0.0294. The van der Waals surface area contributed by atoms with Crippen LogP contribution in [0.5, 0.6) is 0 Å². The average molecular weight is 477 g/mol. The molecule has 1 aliphatic heterocycles. The highest BCUT2D eigenvalue weighted by atomic mass is 16.3. The summed E-state index contributed by atoms with van der Waals surface area (Å²) in [5, 5.41) is 5.91. The molecule has 1 atom stereocenters.